The molecule has 0 saturated carbocycles. The number of fused-ring (bicyclic) bond motifs is 6. The van der Waals surface area contributed by atoms with Gasteiger partial charge in [-0.2, -0.15) is 5.26 Å². The zero-order valence-electron chi connectivity index (χ0n) is 22.0. The largest absolute Gasteiger partial charge is 0.460 e. The number of nitrogens with zero attached hydrogens (tertiary/aromatic N) is 2. The van der Waals surface area contributed by atoms with Crippen LogP contribution in [-0.2, 0) is 6.42 Å². The topological polar surface area (TPSA) is 52.2 Å². The van der Waals surface area contributed by atoms with Crippen molar-refractivity contribution in [2.75, 3.05) is 11.4 Å². The summed E-state index contributed by atoms with van der Waals surface area (Å²) in [6.07, 6.45) is 19.2. The van der Waals surface area contributed by atoms with Crippen LogP contribution < -0.4 is 10.2 Å². The van der Waals surface area contributed by atoms with Crippen LogP contribution in [0.2, 0.25) is 0 Å². The molecule has 0 saturated heterocycles. The van der Waals surface area contributed by atoms with Crippen LogP contribution in [0.15, 0.2) is 113 Å². The lowest BCUT2D eigenvalue weighted by Crippen LogP contribution is -2.28. The van der Waals surface area contributed by atoms with Gasteiger partial charge in [0, 0.05) is 59.0 Å². The molecule has 192 valence electrons. The second kappa shape index (κ2) is 9.03. The number of hydrogen-bond donors (Lipinski definition) is 1. The van der Waals surface area contributed by atoms with Gasteiger partial charge in [-0.15, -0.1) is 0 Å². The molecular weight excluding hydrogens is 490 g/mol. The Balaban J connectivity index is 1.28. The number of benzene rings is 3. The van der Waals surface area contributed by atoms with Gasteiger partial charge in [0.1, 0.15) is 17.4 Å². The molecule has 1 N–H and O–H groups in total. The number of rotatable bonds is 3. The SMILES string of the molecule is N#CC1=CNCC(c2cccc(-c3ccccc3N3c4cc5oc6c(c5cc4C4C=CC=CC43)C=CCC6)c2)=C1. The quantitative estimate of drug-likeness (QED) is 0.298. The van der Waals surface area contributed by atoms with E-state index < -0.39 is 0 Å². The van der Waals surface area contributed by atoms with E-state index in [9.17, 15) is 5.26 Å². The second-order valence-electron chi connectivity index (χ2n) is 10.8. The molecular formula is C36H27N3O. The Morgan fingerprint density at radius 1 is 0.950 bits per heavy atom. The first-order valence-corrected chi connectivity index (χ1v) is 13.9. The van der Waals surface area contributed by atoms with Crippen molar-refractivity contribution >= 4 is 34.0 Å². The lowest BCUT2D eigenvalue weighted by Gasteiger charge is -2.30. The molecule has 2 atom stereocenters. The van der Waals surface area contributed by atoms with Gasteiger partial charge in [-0.25, -0.2) is 0 Å². The fourth-order valence-electron chi connectivity index (χ4n) is 6.67. The first-order chi connectivity index (χ1) is 19.8. The van der Waals surface area contributed by atoms with E-state index in [1.165, 1.54) is 33.5 Å². The number of nitrogens with one attached hydrogen (secondary N) is 1. The van der Waals surface area contributed by atoms with Crippen LogP contribution >= 0.6 is 0 Å². The van der Waals surface area contributed by atoms with Crippen LogP contribution in [0, 0.1) is 11.3 Å². The van der Waals surface area contributed by atoms with Crippen molar-refractivity contribution in [1.82, 2.24) is 5.32 Å². The second-order valence-corrected chi connectivity index (χ2v) is 10.8. The predicted octanol–water partition coefficient (Wildman–Crippen LogP) is 8.18. The van der Waals surface area contributed by atoms with Crippen molar-refractivity contribution in [3.63, 3.8) is 0 Å². The van der Waals surface area contributed by atoms with Gasteiger partial charge >= 0.3 is 0 Å². The predicted molar refractivity (Wildman–Crippen MR) is 162 cm³/mol. The molecule has 4 aliphatic rings. The van der Waals surface area contributed by atoms with Gasteiger partial charge in [-0.3, -0.25) is 0 Å². The Morgan fingerprint density at radius 2 is 1.85 bits per heavy atom. The van der Waals surface area contributed by atoms with E-state index in [-0.39, 0.29) is 12.0 Å². The number of anilines is 2. The Bertz CT molecular complexity index is 1890. The third kappa shape index (κ3) is 3.52. The first kappa shape index (κ1) is 22.9. The van der Waals surface area contributed by atoms with E-state index in [2.05, 4.69) is 113 Å². The molecule has 2 aliphatic heterocycles. The van der Waals surface area contributed by atoms with E-state index in [1.54, 1.807) is 6.20 Å². The Hall–Kier alpha value is -5.01. The smallest absolute Gasteiger partial charge is 0.137 e. The Morgan fingerprint density at radius 3 is 2.80 bits per heavy atom. The molecule has 2 aliphatic carbocycles. The summed E-state index contributed by atoms with van der Waals surface area (Å²) in [5, 5.41) is 13.9. The average Bonchev–Trinajstić information content (AvgIpc) is 3.55. The van der Waals surface area contributed by atoms with Crippen LogP contribution in [0.4, 0.5) is 11.4 Å². The molecule has 0 bridgehead atoms. The maximum atomic E-state index is 9.41. The molecule has 40 heavy (non-hydrogen) atoms. The highest BCUT2D eigenvalue weighted by molar-refractivity contribution is 5.96. The first-order valence-electron chi connectivity index (χ1n) is 13.9. The minimum atomic E-state index is 0.191. The van der Waals surface area contributed by atoms with E-state index >= 15 is 0 Å². The molecule has 2 unspecified atom stereocenters. The van der Waals surface area contributed by atoms with Crippen LogP contribution in [0.3, 0.4) is 0 Å². The molecule has 4 heteroatoms. The van der Waals surface area contributed by atoms with E-state index in [0.29, 0.717) is 12.1 Å². The molecule has 0 fully saturated rings. The number of dihydropyridines is 1. The van der Waals surface area contributed by atoms with Gasteiger partial charge in [0.25, 0.3) is 0 Å². The summed E-state index contributed by atoms with van der Waals surface area (Å²) < 4.78 is 6.42. The third-order valence-corrected chi connectivity index (χ3v) is 8.51. The van der Waals surface area contributed by atoms with E-state index in [0.717, 1.165) is 40.9 Å². The van der Waals surface area contributed by atoms with Crippen molar-refractivity contribution < 1.29 is 4.42 Å². The fraction of sp³-hybridized carbons (Fsp3) is 0.139. The number of nitriles is 1. The zero-order chi connectivity index (χ0) is 26.6. The third-order valence-electron chi connectivity index (χ3n) is 8.51. The number of hydrogen-bond acceptors (Lipinski definition) is 4. The summed E-state index contributed by atoms with van der Waals surface area (Å²) in [6, 6.07) is 24.4. The minimum absolute atomic E-state index is 0.191. The lowest BCUT2D eigenvalue weighted by atomic mass is 9.90. The molecule has 1 aromatic heterocycles. The number of para-hydroxylation sites is 1. The minimum Gasteiger partial charge on any atom is -0.460 e. The van der Waals surface area contributed by atoms with Gasteiger partial charge in [0.05, 0.1) is 11.6 Å². The van der Waals surface area contributed by atoms with Crippen LogP contribution in [-0.4, -0.2) is 12.6 Å². The molecule has 0 spiro atoms. The molecule has 0 amide bonds. The lowest BCUT2D eigenvalue weighted by molar-refractivity contribution is 0.546. The summed E-state index contributed by atoms with van der Waals surface area (Å²) in [5.74, 6) is 1.37. The standard InChI is InChI=1S/C36H27N3O/c37-20-23-16-26(22-38-21-23)24-8-7-9-25(17-24)27-10-1-4-13-32(27)39-33-14-5-2-11-28(33)30-18-31-29-12-3-6-15-35(29)40-36(31)19-34(30)39/h1-5,7-14,16-19,21,28,33,38H,6,15,22H2. The molecule has 0 radical (unpaired) electrons. The fourth-order valence-corrected chi connectivity index (χ4v) is 6.67. The maximum absolute atomic E-state index is 9.41. The van der Waals surface area contributed by atoms with Gasteiger partial charge in [0.15, 0.2) is 0 Å². The molecule has 8 rings (SSSR count). The summed E-state index contributed by atoms with van der Waals surface area (Å²) in [5.41, 5.74) is 11.2. The number of aryl methyl sites for hydroxylation is 1. The van der Waals surface area contributed by atoms with Crippen LogP contribution in [0.25, 0.3) is 33.7 Å². The van der Waals surface area contributed by atoms with Crippen molar-refractivity contribution in [1.29, 1.82) is 5.26 Å². The normalized spacial score (nSPS) is 20.3. The van der Waals surface area contributed by atoms with Gasteiger partial charge in [-0.05, 0) is 53.0 Å². The summed E-state index contributed by atoms with van der Waals surface area (Å²) in [7, 11) is 0. The van der Waals surface area contributed by atoms with Crippen LogP contribution in [0.1, 0.15) is 34.8 Å². The maximum Gasteiger partial charge on any atom is 0.137 e. The summed E-state index contributed by atoms with van der Waals surface area (Å²) in [4.78, 5) is 2.50. The van der Waals surface area contributed by atoms with Crippen molar-refractivity contribution in [3.8, 4) is 17.2 Å². The molecule has 3 aromatic carbocycles. The summed E-state index contributed by atoms with van der Waals surface area (Å²) >= 11 is 0. The number of furan rings is 1. The Labute approximate surface area is 233 Å². The van der Waals surface area contributed by atoms with Crippen molar-refractivity contribution in [2.45, 2.75) is 24.8 Å². The van der Waals surface area contributed by atoms with E-state index in [4.69, 9.17) is 4.42 Å². The number of allylic oxidation sites excluding steroid dienone is 5. The molecule has 4 aromatic rings. The Kier molecular flexibility index (Phi) is 5.18. The molecule has 3 heterocycles. The average molecular weight is 518 g/mol. The zero-order valence-corrected chi connectivity index (χ0v) is 22.0. The van der Waals surface area contributed by atoms with Gasteiger partial charge in [-0.1, -0.05) is 72.9 Å². The van der Waals surface area contributed by atoms with Crippen molar-refractivity contribution in [2.24, 2.45) is 0 Å². The highest BCUT2D eigenvalue weighted by Crippen LogP contribution is 2.52. The van der Waals surface area contributed by atoms with Gasteiger partial charge < -0.3 is 14.6 Å². The highest BCUT2D eigenvalue weighted by atomic mass is 16.3. The van der Waals surface area contributed by atoms with E-state index in [1.807, 2.05) is 6.08 Å². The van der Waals surface area contributed by atoms with Crippen LogP contribution in [0.5, 0.6) is 0 Å². The monoisotopic (exact) mass is 517 g/mol. The summed E-state index contributed by atoms with van der Waals surface area (Å²) in [6.45, 7) is 0.703. The molecule has 4 nitrogen and oxygen atoms in total. The van der Waals surface area contributed by atoms with Gasteiger partial charge in [0.2, 0.25) is 0 Å². The van der Waals surface area contributed by atoms with Crippen molar-refractivity contribution in [3.05, 3.63) is 131 Å². The highest BCUT2D eigenvalue weighted by Gasteiger charge is 2.39.